The Morgan fingerprint density at radius 1 is 1.10 bits per heavy atom. The number of rotatable bonds is 6. The predicted molar refractivity (Wildman–Crippen MR) is 80.3 cm³/mol. The van der Waals surface area contributed by atoms with E-state index in [1.807, 2.05) is 12.1 Å². The van der Waals surface area contributed by atoms with Crippen LogP contribution in [0, 0.1) is 0 Å². The van der Waals surface area contributed by atoms with E-state index in [-0.39, 0.29) is 11.5 Å². The number of benzene rings is 2. The maximum absolute atomic E-state index is 12.1. The molecule has 0 aromatic heterocycles. The Balaban J connectivity index is 2.10. The van der Waals surface area contributed by atoms with Crippen LogP contribution in [0.5, 0.6) is 17.2 Å². The van der Waals surface area contributed by atoms with Gasteiger partial charge in [-0.15, -0.1) is 0 Å². The second-order valence-electron chi connectivity index (χ2n) is 4.62. The molecule has 0 saturated carbocycles. The summed E-state index contributed by atoms with van der Waals surface area (Å²) in [5.41, 5.74) is 1.28. The number of Topliss-reactive ketones (excluding diaryl/α,β-unsaturated/α-hetero) is 1. The first-order valence-corrected chi connectivity index (χ1v) is 6.67. The van der Waals surface area contributed by atoms with Crippen LogP contribution in [0.1, 0.15) is 22.3 Å². The number of ketones is 1. The first kappa shape index (κ1) is 14.9. The van der Waals surface area contributed by atoms with E-state index in [1.165, 1.54) is 6.07 Å². The lowest BCUT2D eigenvalue weighted by atomic mass is 10.0. The summed E-state index contributed by atoms with van der Waals surface area (Å²) in [6.45, 7) is 0. The van der Waals surface area contributed by atoms with E-state index in [9.17, 15) is 9.90 Å². The van der Waals surface area contributed by atoms with Crippen LogP contribution in [0.15, 0.2) is 42.5 Å². The molecule has 21 heavy (non-hydrogen) atoms. The van der Waals surface area contributed by atoms with Crippen molar-refractivity contribution in [2.24, 2.45) is 0 Å². The largest absolute Gasteiger partial charge is 0.507 e. The molecule has 0 unspecified atom stereocenters. The first-order chi connectivity index (χ1) is 10.2. The van der Waals surface area contributed by atoms with E-state index in [2.05, 4.69) is 0 Å². The van der Waals surface area contributed by atoms with Crippen molar-refractivity contribution >= 4 is 5.78 Å². The van der Waals surface area contributed by atoms with E-state index in [4.69, 9.17) is 9.47 Å². The maximum Gasteiger partial charge on any atom is 0.166 e. The molecule has 0 radical (unpaired) electrons. The smallest absolute Gasteiger partial charge is 0.166 e. The monoisotopic (exact) mass is 286 g/mol. The van der Waals surface area contributed by atoms with Crippen molar-refractivity contribution < 1.29 is 19.4 Å². The lowest BCUT2D eigenvalue weighted by molar-refractivity contribution is 0.0980. The van der Waals surface area contributed by atoms with E-state index in [0.29, 0.717) is 29.9 Å². The van der Waals surface area contributed by atoms with Crippen LogP contribution in [-0.2, 0) is 6.42 Å². The van der Waals surface area contributed by atoms with Gasteiger partial charge in [0, 0.05) is 12.5 Å². The summed E-state index contributed by atoms with van der Waals surface area (Å²) in [6, 6.07) is 12.1. The molecule has 1 N–H and O–H groups in total. The number of carbonyl (C=O) groups excluding carboxylic acids is 1. The van der Waals surface area contributed by atoms with Crippen molar-refractivity contribution in [3.63, 3.8) is 0 Å². The van der Waals surface area contributed by atoms with Crippen LogP contribution in [0.25, 0.3) is 0 Å². The number of methoxy groups -OCH3 is 2. The van der Waals surface area contributed by atoms with Gasteiger partial charge >= 0.3 is 0 Å². The molecule has 110 valence electrons. The van der Waals surface area contributed by atoms with E-state index in [0.717, 1.165) is 5.56 Å². The molecule has 4 heteroatoms. The normalized spacial score (nSPS) is 10.2. The fourth-order valence-corrected chi connectivity index (χ4v) is 2.15. The van der Waals surface area contributed by atoms with Gasteiger partial charge in [0.15, 0.2) is 5.78 Å². The minimum absolute atomic E-state index is 0.0178. The number of aromatic hydroxyl groups is 1. The van der Waals surface area contributed by atoms with Gasteiger partial charge in [-0.05, 0) is 30.2 Å². The fourth-order valence-electron chi connectivity index (χ4n) is 2.15. The molecule has 0 amide bonds. The summed E-state index contributed by atoms with van der Waals surface area (Å²) in [4.78, 5) is 12.1. The quantitative estimate of drug-likeness (QED) is 0.828. The molecule has 0 bridgehead atoms. The van der Waals surface area contributed by atoms with E-state index in [1.54, 1.807) is 38.5 Å². The molecular weight excluding hydrogens is 268 g/mol. The van der Waals surface area contributed by atoms with Gasteiger partial charge in [0.25, 0.3) is 0 Å². The first-order valence-electron chi connectivity index (χ1n) is 6.67. The standard InChI is InChI=1S/C17H18O4/c1-20-13-9-7-12(17(11-13)21-2)8-10-16(19)14-5-3-4-6-15(14)18/h3-7,9,11,18H,8,10H2,1-2H3. The highest BCUT2D eigenvalue weighted by atomic mass is 16.5. The average molecular weight is 286 g/mol. The number of aryl methyl sites for hydroxylation is 1. The minimum atomic E-state index is -0.0917. The van der Waals surface area contributed by atoms with Crippen LogP contribution < -0.4 is 9.47 Å². The number of ether oxygens (including phenoxy) is 2. The van der Waals surface area contributed by atoms with Gasteiger partial charge < -0.3 is 14.6 Å². The van der Waals surface area contributed by atoms with Gasteiger partial charge in [-0.2, -0.15) is 0 Å². The van der Waals surface area contributed by atoms with Crippen LogP contribution in [-0.4, -0.2) is 25.1 Å². The summed E-state index contributed by atoms with van der Waals surface area (Å²) >= 11 is 0. The molecule has 0 heterocycles. The van der Waals surface area contributed by atoms with Crippen molar-refractivity contribution in [3.8, 4) is 17.2 Å². The van der Waals surface area contributed by atoms with Gasteiger partial charge in [-0.1, -0.05) is 18.2 Å². The number of phenols is 1. The summed E-state index contributed by atoms with van der Waals surface area (Å²) in [6.07, 6.45) is 0.848. The van der Waals surface area contributed by atoms with Crippen LogP contribution in [0.4, 0.5) is 0 Å². The molecule has 0 aliphatic heterocycles. The zero-order valence-corrected chi connectivity index (χ0v) is 12.1. The third-order valence-electron chi connectivity index (χ3n) is 3.32. The Hall–Kier alpha value is -2.49. The molecule has 0 fully saturated rings. The Morgan fingerprint density at radius 2 is 1.86 bits per heavy atom. The zero-order chi connectivity index (χ0) is 15.2. The van der Waals surface area contributed by atoms with Gasteiger partial charge in [0.05, 0.1) is 19.8 Å². The van der Waals surface area contributed by atoms with Crippen molar-refractivity contribution in [3.05, 3.63) is 53.6 Å². The molecular formula is C17H18O4. The summed E-state index contributed by atoms with van der Waals surface area (Å²) in [7, 11) is 3.18. The lowest BCUT2D eigenvalue weighted by Gasteiger charge is -2.10. The van der Waals surface area contributed by atoms with Gasteiger partial charge in [-0.25, -0.2) is 0 Å². The summed E-state index contributed by atoms with van der Waals surface area (Å²) < 4.78 is 10.5. The minimum Gasteiger partial charge on any atom is -0.507 e. The SMILES string of the molecule is COc1ccc(CCC(=O)c2ccccc2O)c(OC)c1. The number of hydrogen-bond acceptors (Lipinski definition) is 4. The van der Waals surface area contributed by atoms with Gasteiger partial charge in [0.1, 0.15) is 17.2 Å². The van der Waals surface area contributed by atoms with E-state index < -0.39 is 0 Å². The summed E-state index contributed by atoms with van der Waals surface area (Å²) in [5.74, 6) is 1.33. The molecule has 0 saturated heterocycles. The van der Waals surface area contributed by atoms with Crippen molar-refractivity contribution in [2.75, 3.05) is 14.2 Å². The molecule has 0 aliphatic carbocycles. The molecule has 0 aliphatic rings. The average Bonchev–Trinajstić information content (AvgIpc) is 2.52. The highest BCUT2D eigenvalue weighted by molar-refractivity contribution is 5.98. The zero-order valence-electron chi connectivity index (χ0n) is 12.1. The third kappa shape index (κ3) is 3.54. The lowest BCUT2D eigenvalue weighted by Crippen LogP contribution is -2.02. The number of hydrogen-bond donors (Lipinski definition) is 1. The molecule has 4 nitrogen and oxygen atoms in total. The second-order valence-corrected chi connectivity index (χ2v) is 4.62. The summed E-state index contributed by atoms with van der Waals surface area (Å²) in [5, 5.41) is 9.69. The Kier molecular flexibility index (Phi) is 4.82. The molecule has 0 spiro atoms. The third-order valence-corrected chi connectivity index (χ3v) is 3.32. The van der Waals surface area contributed by atoms with Crippen LogP contribution in [0.3, 0.4) is 0 Å². The topological polar surface area (TPSA) is 55.8 Å². The Morgan fingerprint density at radius 3 is 2.52 bits per heavy atom. The van der Waals surface area contributed by atoms with Crippen LogP contribution in [0.2, 0.25) is 0 Å². The van der Waals surface area contributed by atoms with Crippen molar-refractivity contribution in [1.29, 1.82) is 0 Å². The second kappa shape index (κ2) is 6.79. The van der Waals surface area contributed by atoms with Gasteiger partial charge in [0.2, 0.25) is 0 Å². The molecule has 0 atom stereocenters. The maximum atomic E-state index is 12.1. The predicted octanol–water partition coefficient (Wildman–Crippen LogP) is 3.22. The number of para-hydroxylation sites is 1. The molecule has 2 aromatic carbocycles. The highest BCUT2D eigenvalue weighted by Gasteiger charge is 2.12. The highest BCUT2D eigenvalue weighted by Crippen LogP contribution is 2.26. The fraction of sp³-hybridized carbons (Fsp3) is 0.235. The van der Waals surface area contributed by atoms with Gasteiger partial charge in [-0.3, -0.25) is 4.79 Å². The Bertz CT molecular complexity index is 634. The molecule has 2 aromatic rings. The Labute approximate surface area is 123 Å². The number of phenolic OH excluding ortho intramolecular Hbond substituents is 1. The van der Waals surface area contributed by atoms with Crippen molar-refractivity contribution in [1.82, 2.24) is 0 Å². The van der Waals surface area contributed by atoms with Crippen LogP contribution >= 0.6 is 0 Å². The van der Waals surface area contributed by atoms with Crippen molar-refractivity contribution in [2.45, 2.75) is 12.8 Å². The molecule has 2 rings (SSSR count). The number of carbonyl (C=O) groups is 1. The van der Waals surface area contributed by atoms with E-state index >= 15 is 0 Å².